The van der Waals surface area contributed by atoms with E-state index < -0.39 is 41.2 Å². The van der Waals surface area contributed by atoms with Crippen molar-refractivity contribution in [3.05, 3.63) is 172 Å². The molecule has 2 aliphatic heterocycles. The van der Waals surface area contributed by atoms with E-state index >= 15 is 0 Å². The van der Waals surface area contributed by atoms with Crippen molar-refractivity contribution in [1.29, 1.82) is 0 Å². The summed E-state index contributed by atoms with van der Waals surface area (Å²) in [4.78, 5) is 92.3. The van der Waals surface area contributed by atoms with Crippen LogP contribution in [0.4, 0.5) is 16.2 Å². The van der Waals surface area contributed by atoms with E-state index in [1.807, 2.05) is 36.4 Å². The number of nitrogens with one attached hydrogen (secondary N) is 3. The van der Waals surface area contributed by atoms with Gasteiger partial charge in [-0.1, -0.05) is 83.9 Å². The first-order chi connectivity index (χ1) is 31.0. The molecule has 0 bridgehead atoms. The minimum atomic E-state index is -0.605. The van der Waals surface area contributed by atoms with Crippen LogP contribution in [0.15, 0.2) is 109 Å². The van der Waals surface area contributed by atoms with Gasteiger partial charge in [-0.2, -0.15) is 0 Å². The van der Waals surface area contributed by atoms with E-state index in [4.69, 9.17) is 33.7 Å². The maximum absolute atomic E-state index is 13.2. The monoisotopic (exact) mass is 950 g/mol. The van der Waals surface area contributed by atoms with Crippen molar-refractivity contribution in [2.24, 2.45) is 5.73 Å². The number of hydrogen-bond acceptors (Lipinski definition) is 11. The molecule has 0 atom stereocenters. The molecule has 0 fully saturated rings. The summed E-state index contributed by atoms with van der Waals surface area (Å²) in [5, 5.41) is 8.14. The Morgan fingerprint density at radius 1 is 0.600 bits per heavy atom. The van der Waals surface area contributed by atoms with Crippen LogP contribution in [0.1, 0.15) is 104 Å². The average Bonchev–Trinajstić information content (AvgIpc) is 4.03. The summed E-state index contributed by atoms with van der Waals surface area (Å²) in [6.07, 6.45) is -0.535. The van der Waals surface area contributed by atoms with E-state index in [1.165, 1.54) is 4.90 Å². The van der Waals surface area contributed by atoms with Crippen molar-refractivity contribution in [2.45, 2.75) is 52.6 Å². The molecule has 4 heterocycles. The summed E-state index contributed by atoms with van der Waals surface area (Å²) in [6, 6.07) is 30.7. The van der Waals surface area contributed by atoms with Gasteiger partial charge >= 0.3 is 6.09 Å². The molecule has 0 saturated carbocycles. The fourth-order valence-corrected chi connectivity index (χ4v) is 8.83. The number of anilines is 2. The molecule has 6 aromatic rings. The van der Waals surface area contributed by atoms with Crippen molar-refractivity contribution in [2.75, 3.05) is 10.6 Å². The Bertz CT molecular complexity index is 2890. The normalized spacial score (nSPS) is 13.0. The predicted molar refractivity (Wildman–Crippen MR) is 250 cm³/mol. The summed E-state index contributed by atoms with van der Waals surface area (Å²) in [5.74, 6) is -2.56. The quantitative estimate of drug-likeness (QED) is 0.0915. The van der Waals surface area contributed by atoms with Gasteiger partial charge in [0.1, 0.15) is 5.60 Å². The van der Waals surface area contributed by atoms with Gasteiger partial charge in [0, 0.05) is 13.1 Å². The molecule has 14 nitrogen and oxygen atoms in total. The van der Waals surface area contributed by atoms with Crippen LogP contribution >= 0.6 is 45.9 Å². The van der Waals surface area contributed by atoms with Gasteiger partial charge < -0.3 is 26.4 Å². The highest BCUT2D eigenvalue weighted by Gasteiger charge is 2.39. The fourth-order valence-electron chi connectivity index (χ4n) is 6.95. The highest BCUT2D eigenvalue weighted by atomic mass is 35.5. The first-order valence-corrected chi connectivity index (χ1v) is 22.3. The lowest BCUT2D eigenvalue weighted by Crippen LogP contribution is -2.32. The summed E-state index contributed by atoms with van der Waals surface area (Å²) >= 11 is 14.1. The second-order valence-corrected chi connectivity index (χ2v) is 19.1. The largest absolute Gasteiger partial charge is 0.444 e. The standard InChI is InChI=1S/C26H24ClN3O5S.C21H16ClN3O3S/c1-26(2,3)35-25(34)28-13-15-6-4-7-16(12-15)14-30-23(32)17-8-5-9-18(21(17)24(30)33)29-22(31)19-10-11-20(27)36-19;22-17-8-7-16(29-17)19(26)24-15-6-2-5-14-18(15)21(28)25(20(14)27)11-13-4-1-3-12(9-13)10-23/h4-12H,13-14H2,1-3H3,(H,28,34)(H,29,31);1-9H,10-11,23H2,(H,24,26). The number of rotatable bonds is 11. The first-order valence-electron chi connectivity index (χ1n) is 19.9. The number of amides is 7. The summed E-state index contributed by atoms with van der Waals surface area (Å²) in [5.41, 5.74) is 9.71. The van der Waals surface area contributed by atoms with Crippen molar-refractivity contribution in [3.8, 4) is 0 Å². The van der Waals surface area contributed by atoms with E-state index in [0.717, 1.165) is 44.3 Å². The number of fused-ring (bicyclic) bond motifs is 2. The molecule has 2 aliphatic rings. The lowest BCUT2D eigenvalue weighted by molar-refractivity contribution is 0.0521. The average molecular weight is 952 g/mol. The predicted octanol–water partition coefficient (Wildman–Crippen LogP) is 9.38. The number of carbonyl (C=O) groups excluding carboxylic acids is 7. The molecule has 0 unspecified atom stereocenters. The molecule has 18 heteroatoms. The molecule has 4 aromatic carbocycles. The minimum Gasteiger partial charge on any atom is -0.444 e. The Hall–Kier alpha value is -6.69. The zero-order valence-corrected chi connectivity index (χ0v) is 38.2. The van der Waals surface area contributed by atoms with Crippen LogP contribution in [0.2, 0.25) is 8.67 Å². The molecule has 332 valence electrons. The SMILES string of the molecule is CC(C)(C)OC(=O)NCc1cccc(CN2C(=O)c3cccc(NC(=O)c4ccc(Cl)s4)c3C2=O)c1.NCc1cccc(CN2C(=O)c3cccc(NC(=O)c4ccc(Cl)s4)c3C2=O)c1. The molecule has 65 heavy (non-hydrogen) atoms. The Kier molecular flexibility index (Phi) is 14.0. The van der Waals surface area contributed by atoms with E-state index in [0.29, 0.717) is 36.2 Å². The molecule has 0 aliphatic carbocycles. The van der Waals surface area contributed by atoms with Crippen LogP contribution in [-0.4, -0.2) is 56.9 Å². The number of nitrogens with zero attached hydrogens (tertiary/aromatic N) is 2. The van der Waals surface area contributed by atoms with Crippen LogP contribution in [0.5, 0.6) is 0 Å². The van der Waals surface area contributed by atoms with E-state index in [-0.39, 0.29) is 53.5 Å². The summed E-state index contributed by atoms with van der Waals surface area (Å²) in [7, 11) is 0. The number of alkyl carbamates (subject to hydrolysis) is 1. The number of imide groups is 2. The highest BCUT2D eigenvalue weighted by molar-refractivity contribution is 7.18. The second-order valence-electron chi connectivity index (χ2n) is 15.7. The van der Waals surface area contributed by atoms with E-state index in [1.54, 1.807) is 93.6 Å². The number of nitrogens with two attached hydrogens (primary N) is 1. The smallest absolute Gasteiger partial charge is 0.407 e. The Morgan fingerprint density at radius 3 is 1.46 bits per heavy atom. The van der Waals surface area contributed by atoms with Gasteiger partial charge in [0.25, 0.3) is 35.4 Å². The number of ether oxygens (including phenoxy) is 1. The molecule has 2 aromatic heterocycles. The number of benzene rings is 4. The Balaban J connectivity index is 0.000000198. The van der Waals surface area contributed by atoms with Gasteiger partial charge in [0.05, 0.1) is 65.1 Å². The molecule has 8 rings (SSSR count). The van der Waals surface area contributed by atoms with Crippen LogP contribution in [0.3, 0.4) is 0 Å². The third-order valence-corrected chi connectivity index (χ3v) is 12.3. The molecule has 5 N–H and O–H groups in total. The number of hydrogen-bond donors (Lipinski definition) is 4. The number of carbonyl (C=O) groups is 7. The highest BCUT2D eigenvalue weighted by Crippen LogP contribution is 2.33. The van der Waals surface area contributed by atoms with Crippen LogP contribution in [-0.2, 0) is 30.9 Å². The molecular weight excluding hydrogens is 912 g/mol. The topological polar surface area (TPSA) is 197 Å². The number of thiophene rings is 2. The lowest BCUT2D eigenvalue weighted by Gasteiger charge is -2.20. The van der Waals surface area contributed by atoms with Crippen LogP contribution in [0.25, 0.3) is 0 Å². The second kappa shape index (κ2) is 19.6. The first kappa shape index (κ1) is 46.3. The molecule has 7 amide bonds. The third kappa shape index (κ3) is 10.8. The zero-order valence-electron chi connectivity index (χ0n) is 35.0. The van der Waals surface area contributed by atoms with Crippen LogP contribution in [0, 0.1) is 0 Å². The summed E-state index contributed by atoms with van der Waals surface area (Å²) < 4.78 is 6.21. The molecular formula is C47H40Cl2N6O8S2. The van der Waals surface area contributed by atoms with Gasteiger partial charge in [0.2, 0.25) is 0 Å². The maximum atomic E-state index is 13.2. The van der Waals surface area contributed by atoms with Crippen molar-refractivity contribution >= 4 is 98.8 Å². The van der Waals surface area contributed by atoms with Crippen molar-refractivity contribution in [1.82, 2.24) is 15.1 Å². The number of halogens is 2. The zero-order chi connectivity index (χ0) is 46.6. The van der Waals surface area contributed by atoms with Gasteiger partial charge in [-0.15, -0.1) is 22.7 Å². The Labute approximate surface area is 391 Å². The molecule has 0 radical (unpaired) electrons. The third-order valence-electron chi connectivity index (χ3n) is 9.82. The van der Waals surface area contributed by atoms with Crippen molar-refractivity contribution in [3.63, 3.8) is 0 Å². The molecule has 0 spiro atoms. The van der Waals surface area contributed by atoms with Gasteiger partial charge in [-0.05, 0) is 91.6 Å². The van der Waals surface area contributed by atoms with Crippen LogP contribution < -0.4 is 21.7 Å². The summed E-state index contributed by atoms with van der Waals surface area (Å²) in [6.45, 7) is 6.12. The minimum absolute atomic E-state index is 0.0422. The van der Waals surface area contributed by atoms with E-state index in [9.17, 15) is 33.6 Å². The van der Waals surface area contributed by atoms with Gasteiger partial charge in [-0.3, -0.25) is 38.6 Å². The maximum Gasteiger partial charge on any atom is 0.407 e. The lowest BCUT2D eigenvalue weighted by atomic mass is 10.1. The Morgan fingerprint density at radius 2 is 1.03 bits per heavy atom. The van der Waals surface area contributed by atoms with Gasteiger partial charge in [0.15, 0.2) is 0 Å². The fraction of sp³-hybridized carbons (Fsp3) is 0.170. The van der Waals surface area contributed by atoms with Gasteiger partial charge in [-0.25, -0.2) is 4.79 Å². The van der Waals surface area contributed by atoms with Crippen molar-refractivity contribution < 1.29 is 38.3 Å². The molecule has 0 saturated heterocycles. The van der Waals surface area contributed by atoms with E-state index in [2.05, 4.69) is 16.0 Å².